The molecule has 2 aromatic heterocycles. The molecule has 0 radical (unpaired) electrons. The quantitative estimate of drug-likeness (QED) is 0.512. The number of aromatic nitrogens is 3. The van der Waals surface area contributed by atoms with Gasteiger partial charge in [-0.3, -0.25) is 4.79 Å². The molecule has 1 saturated heterocycles. The van der Waals surface area contributed by atoms with E-state index in [-0.39, 0.29) is 12.0 Å². The smallest absolute Gasteiger partial charge is 0.256 e. The number of likely N-dealkylation sites (tertiary alicyclic amines) is 1. The normalized spacial score (nSPS) is 15.0. The molecule has 2 aromatic carbocycles. The minimum Gasteiger partial charge on any atom is -0.490 e. The van der Waals surface area contributed by atoms with Gasteiger partial charge < -0.3 is 19.4 Å². The highest BCUT2D eigenvalue weighted by molar-refractivity contribution is 6.04. The summed E-state index contributed by atoms with van der Waals surface area (Å²) in [5.41, 5.74) is 2.10. The number of hydrogen-bond acceptors (Lipinski definition) is 7. The molecular formula is C24H23N5O3. The van der Waals surface area contributed by atoms with Gasteiger partial charge in [0.2, 0.25) is 0 Å². The van der Waals surface area contributed by atoms with Crippen LogP contribution in [0.1, 0.15) is 23.2 Å². The number of carbonyl (C=O) groups is 1. The average Bonchev–Trinajstić information content (AvgIpc) is 3.35. The largest absolute Gasteiger partial charge is 0.490 e. The van der Waals surface area contributed by atoms with Crippen LogP contribution in [0, 0.1) is 0 Å². The Morgan fingerprint density at radius 3 is 2.81 bits per heavy atom. The zero-order valence-electron chi connectivity index (χ0n) is 17.7. The molecule has 32 heavy (non-hydrogen) atoms. The number of hydrogen-bond donors (Lipinski definition) is 1. The van der Waals surface area contributed by atoms with Gasteiger partial charge in [-0.05, 0) is 62.4 Å². The van der Waals surface area contributed by atoms with E-state index in [2.05, 4.69) is 32.4 Å². The van der Waals surface area contributed by atoms with Crippen molar-refractivity contribution < 1.29 is 13.9 Å². The molecule has 1 N–H and O–H groups in total. The number of nitrogens with zero attached hydrogens (tertiary/aromatic N) is 4. The van der Waals surface area contributed by atoms with Crippen molar-refractivity contribution in [3.8, 4) is 17.1 Å². The Labute approximate surface area is 185 Å². The fraction of sp³-hybridized carbons (Fsp3) is 0.250. The van der Waals surface area contributed by atoms with E-state index >= 15 is 0 Å². The van der Waals surface area contributed by atoms with Gasteiger partial charge >= 0.3 is 0 Å². The third-order valence-corrected chi connectivity index (χ3v) is 5.61. The van der Waals surface area contributed by atoms with E-state index in [1.165, 1.54) is 6.39 Å². The molecule has 162 valence electrons. The summed E-state index contributed by atoms with van der Waals surface area (Å²) in [6.45, 7) is 2.03. The number of nitrogens with one attached hydrogen (secondary N) is 1. The fourth-order valence-corrected chi connectivity index (χ4v) is 3.81. The third-order valence-electron chi connectivity index (χ3n) is 5.61. The first-order chi connectivity index (χ1) is 15.6. The lowest BCUT2D eigenvalue weighted by atomic mass is 10.1. The van der Waals surface area contributed by atoms with Crippen molar-refractivity contribution in [2.24, 2.45) is 0 Å². The van der Waals surface area contributed by atoms with Crippen molar-refractivity contribution in [1.29, 1.82) is 0 Å². The predicted octanol–water partition coefficient (Wildman–Crippen LogP) is 4.01. The first-order valence-electron chi connectivity index (χ1n) is 10.6. The van der Waals surface area contributed by atoms with E-state index in [0.717, 1.165) is 42.4 Å². The number of benzene rings is 2. The van der Waals surface area contributed by atoms with Crippen LogP contribution in [0.15, 0.2) is 65.5 Å². The van der Waals surface area contributed by atoms with Crippen LogP contribution in [0.5, 0.6) is 5.75 Å². The molecule has 0 aliphatic carbocycles. The van der Waals surface area contributed by atoms with Crippen molar-refractivity contribution in [1.82, 2.24) is 20.1 Å². The molecule has 0 unspecified atom stereocenters. The van der Waals surface area contributed by atoms with Crippen molar-refractivity contribution in [2.75, 3.05) is 25.5 Å². The Kier molecular flexibility index (Phi) is 5.51. The molecule has 8 nitrogen and oxygen atoms in total. The molecule has 1 aliphatic heterocycles. The SMILES string of the molecule is CN1CCC(Oc2cccc(C(=O)Nc3cc4cc(-c5cnco5)ccc4nn3)c2)CC1. The highest BCUT2D eigenvalue weighted by atomic mass is 16.5. The lowest BCUT2D eigenvalue weighted by Crippen LogP contribution is -2.35. The summed E-state index contributed by atoms with van der Waals surface area (Å²) in [6.07, 6.45) is 5.18. The van der Waals surface area contributed by atoms with E-state index < -0.39 is 0 Å². The van der Waals surface area contributed by atoms with Crippen LogP contribution < -0.4 is 10.1 Å². The summed E-state index contributed by atoms with van der Waals surface area (Å²) < 4.78 is 11.5. The van der Waals surface area contributed by atoms with Gasteiger partial charge in [-0.2, -0.15) is 0 Å². The average molecular weight is 429 g/mol. The number of fused-ring (bicyclic) bond motifs is 1. The second-order valence-electron chi connectivity index (χ2n) is 7.97. The Morgan fingerprint density at radius 1 is 1.12 bits per heavy atom. The van der Waals surface area contributed by atoms with Gasteiger partial charge in [-0.15, -0.1) is 10.2 Å². The van der Waals surface area contributed by atoms with E-state index in [9.17, 15) is 4.79 Å². The summed E-state index contributed by atoms with van der Waals surface area (Å²) in [5.74, 6) is 1.47. The van der Waals surface area contributed by atoms with Crippen LogP contribution in [0.3, 0.4) is 0 Å². The number of anilines is 1. The summed E-state index contributed by atoms with van der Waals surface area (Å²) in [7, 11) is 2.12. The van der Waals surface area contributed by atoms with Crippen molar-refractivity contribution in [2.45, 2.75) is 18.9 Å². The van der Waals surface area contributed by atoms with Gasteiger partial charge in [0.05, 0.1) is 11.7 Å². The molecule has 0 bridgehead atoms. The molecular weight excluding hydrogens is 406 g/mol. The number of piperidine rings is 1. The van der Waals surface area contributed by atoms with E-state index in [1.807, 2.05) is 30.3 Å². The number of oxazole rings is 1. The molecule has 8 heteroatoms. The second kappa shape index (κ2) is 8.76. The predicted molar refractivity (Wildman–Crippen MR) is 121 cm³/mol. The van der Waals surface area contributed by atoms with E-state index in [0.29, 0.717) is 22.9 Å². The topological polar surface area (TPSA) is 93.4 Å². The monoisotopic (exact) mass is 429 g/mol. The van der Waals surface area contributed by atoms with Crippen LogP contribution >= 0.6 is 0 Å². The first kappa shape index (κ1) is 20.1. The van der Waals surface area contributed by atoms with Gasteiger partial charge in [-0.1, -0.05) is 6.07 Å². The zero-order valence-corrected chi connectivity index (χ0v) is 17.7. The summed E-state index contributed by atoms with van der Waals surface area (Å²) in [4.78, 5) is 19.1. The lowest BCUT2D eigenvalue weighted by molar-refractivity contribution is 0.102. The van der Waals surface area contributed by atoms with Crippen molar-refractivity contribution in [3.05, 3.63) is 66.7 Å². The summed E-state index contributed by atoms with van der Waals surface area (Å²) in [6, 6.07) is 14.7. The molecule has 3 heterocycles. The van der Waals surface area contributed by atoms with E-state index in [4.69, 9.17) is 9.15 Å². The third kappa shape index (κ3) is 4.45. The maximum absolute atomic E-state index is 12.8. The fourth-order valence-electron chi connectivity index (χ4n) is 3.81. The molecule has 0 saturated carbocycles. The highest BCUT2D eigenvalue weighted by Crippen LogP contribution is 2.25. The van der Waals surface area contributed by atoms with Crippen LogP contribution in [-0.4, -0.2) is 52.2 Å². The number of ether oxygens (including phenoxy) is 1. The standard InChI is InChI=1S/C24H23N5O3/c1-29-9-7-19(8-10-29)32-20-4-2-3-17(12-20)24(30)26-23-13-18-11-16(22-14-25-15-31-22)5-6-21(18)27-28-23/h2-6,11-15,19H,7-10H2,1H3,(H,26,28,30). The van der Waals surface area contributed by atoms with Crippen LogP contribution in [0.25, 0.3) is 22.2 Å². The molecule has 0 spiro atoms. The Balaban J connectivity index is 1.31. The van der Waals surface area contributed by atoms with Crippen molar-refractivity contribution in [3.63, 3.8) is 0 Å². The minimum atomic E-state index is -0.265. The van der Waals surface area contributed by atoms with Gasteiger partial charge in [-0.25, -0.2) is 4.98 Å². The number of amides is 1. The Morgan fingerprint density at radius 2 is 2.00 bits per heavy atom. The van der Waals surface area contributed by atoms with E-state index in [1.54, 1.807) is 24.4 Å². The Bertz CT molecular complexity index is 1230. The number of carbonyl (C=O) groups excluding carboxylic acids is 1. The maximum Gasteiger partial charge on any atom is 0.256 e. The lowest BCUT2D eigenvalue weighted by Gasteiger charge is -2.29. The molecule has 0 atom stereocenters. The van der Waals surface area contributed by atoms with Crippen LogP contribution in [0.2, 0.25) is 0 Å². The van der Waals surface area contributed by atoms with Gasteiger partial charge in [0.1, 0.15) is 11.9 Å². The minimum absolute atomic E-state index is 0.175. The summed E-state index contributed by atoms with van der Waals surface area (Å²) >= 11 is 0. The van der Waals surface area contributed by atoms with Gasteiger partial charge in [0, 0.05) is 29.6 Å². The number of rotatable bonds is 5. The maximum atomic E-state index is 12.8. The van der Waals surface area contributed by atoms with Crippen LogP contribution in [0.4, 0.5) is 5.82 Å². The second-order valence-corrected chi connectivity index (χ2v) is 7.97. The molecule has 1 amide bonds. The van der Waals surface area contributed by atoms with Crippen molar-refractivity contribution >= 4 is 22.6 Å². The zero-order chi connectivity index (χ0) is 21.9. The molecule has 5 rings (SSSR count). The van der Waals surface area contributed by atoms with Gasteiger partial charge in [0.25, 0.3) is 5.91 Å². The molecule has 1 aliphatic rings. The van der Waals surface area contributed by atoms with Gasteiger partial charge in [0.15, 0.2) is 18.0 Å². The molecule has 4 aromatic rings. The molecule has 1 fully saturated rings. The van der Waals surface area contributed by atoms with Crippen LogP contribution in [-0.2, 0) is 0 Å². The Hall–Kier alpha value is -3.78. The summed E-state index contributed by atoms with van der Waals surface area (Å²) in [5, 5.41) is 12.0. The first-order valence-corrected chi connectivity index (χ1v) is 10.6. The highest BCUT2D eigenvalue weighted by Gasteiger charge is 2.18.